The second-order valence-electron chi connectivity index (χ2n) is 7.34. The van der Waals surface area contributed by atoms with Gasteiger partial charge in [0, 0.05) is 9.65 Å². The third-order valence-electron chi connectivity index (χ3n) is 5.46. The van der Waals surface area contributed by atoms with Gasteiger partial charge in [0.05, 0.1) is 23.1 Å². The van der Waals surface area contributed by atoms with Crippen LogP contribution in [0.3, 0.4) is 0 Å². The zero-order valence-electron chi connectivity index (χ0n) is 15.5. The van der Waals surface area contributed by atoms with Crippen LogP contribution in [0.1, 0.15) is 28.8 Å². The molecule has 5 nitrogen and oxygen atoms in total. The molecule has 0 radical (unpaired) electrons. The van der Waals surface area contributed by atoms with Crippen molar-refractivity contribution in [3.8, 4) is 0 Å². The van der Waals surface area contributed by atoms with E-state index in [0.717, 1.165) is 5.56 Å². The molecule has 4 rings (SSSR count). The molecule has 150 valence electrons. The zero-order valence-corrected chi connectivity index (χ0v) is 18.6. The van der Waals surface area contributed by atoms with Crippen LogP contribution in [0.15, 0.2) is 54.6 Å². The summed E-state index contributed by atoms with van der Waals surface area (Å²) in [6.07, 6.45) is 1.22. The molecule has 29 heavy (non-hydrogen) atoms. The number of esters is 1. The maximum atomic E-state index is 12.9. The molecule has 2 aromatic carbocycles. The topological polar surface area (TPSA) is 63.7 Å². The van der Waals surface area contributed by atoms with Gasteiger partial charge in [-0.15, -0.1) is 0 Å². The van der Waals surface area contributed by atoms with E-state index in [4.69, 9.17) is 4.74 Å². The molecular formula is C22H19Br2NO4. The number of nitrogens with zero attached hydrogens (tertiary/aromatic N) is 1. The Hall–Kier alpha value is -1.99. The number of benzene rings is 2. The van der Waals surface area contributed by atoms with Gasteiger partial charge in [-0.2, -0.15) is 0 Å². The van der Waals surface area contributed by atoms with Crippen molar-refractivity contribution in [1.82, 2.24) is 0 Å². The third-order valence-corrected chi connectivity index (χ3v) is 8.20. The summed E-state index contributed by atoms with van der Waals surface area (Å²) in [5, 5.41) is 0. The molecule has 0 spiro atoms. The third kappa shape index (κ3) is 4.03. The Morgan fingerprint density at radius 1 is 0.931 bits per heavy atom. The summed E-state index contributed by atoms with van der Waals surface area (Å²) in [4.78, 5) is 39.9. The fourth-order valence-electron chi connectivity index (χ4n) is 3.93. The standard InChI is InChI=1S/C22H19Br2NO4/c23-18-10-16-17(11-19(18)24)21(27)25(20(16)26)15-8-4-7-14(9-15)22(28)29-12-13-5-2-1-3-6-13/h1-9,16-19H,10-12H2/t16-,17+,18-,19-/m1/s1. The van der Waals surface area contributed by atoms with Gasteiger partial charge < -0.3 is 4.74 Å². The van der Waals surface area contributed by atoms with Crippen LogP contribution in [-0.4, -0.2) is 27.4 Å². The molecular weight excluding hydrogens is 502 g/mol. The van der Waals surface area contributed by atoms with Crippen molar-refractivity contribution in [1.29, 1.82) is 0 Å². The van der Waals surface area contributed by atoms with Crippen LogP contribution >= 0.6 is 31.9 Å². The molecule has 4 atom stereocenters. The Kier molecular flexibility index (Phi) is 5.88. The van der Waals surface area contributed by atoms with E-state index in [9.17, 15) is 14.4 Å². The number of ether oxygens (including phenoxy) is 1. The first-order chi connectivity index (χ1) is 14.0. The molecule has 0 unspecified atom stereocenters. The van der Waals surface area contributed by atoms with Crippen molar-refractivity contribution < 1.29 is 19.1 Å². The Morgan fingerprint density at radius 3 is 2.17 bits per heavy atom. The summed E-state index contributed by atoms with van der Waals surface area (Å²) >= 11 is 7.18. The number of imide groups is 1. The van der Waals surface area contributed by atoms with Gasteiger partial charge in [-0.3, -0.25) is 14.5 Å². The van der Waals surface area contributed by atoms with Gasteiger partial charge in [0.2, 0.25) is 11.8 Å². The van der Waals surface area contributed by atoms with E-state index >= 15 is 0 Å². The number of hydrogen-bond acceptors (Lipinski definition) is 4. The smallest absolute Gasteiger partial charge is 0.338 e. The number of carbonyl (C=O) groups excluding carboxylic acids is 3. The maximum Gasteiger partial charge on any atom is 0.338 e. The highest BCUT2D eigenvalue weighted by Crippen LogP contribution is 2.44. The van der Waals surface area contributed by atoms with Crippen molar-refractivity contribution >= 4 is 55.3 Å². The fraction of sp³-hybridized carbons (Fsp3) is 0.318. The second-order valence-corrected chi connectivity index (χ2v) is 9.69. The molecule has 1 saturated heterocycles. The minimum absolute atomic E-state index is 0.153. The largest absolute Gasteiger partial charge is 0.457 e. The number of anilines is 1. The van der Waals surface area contributed by atoms with E-state index in [0.29, 0.717) is 24.1 Å². The minimum Gasteiger partial charge on any atom is -0.457 e. The predicted molar refractivity (Wildman–Crippen MR) is 116 cm³/mol. The first-order valence-electron chi connectivity index (χ1n) is 9.43. The highest BCUT2D eigenvalue weighted by Gasteiger charge is 2.52. The first kappa shape index (κ1) is 20.3. The van der Waals surface area contributed by atoms with Crippen LogP contribution in [-0.2, 0) is 20.9 Å². The predicted octanol–water partition coefficient (Wildman–Crippen LogP) is 4.47. The average Bonchev–Trinajstić information content (AvgIpc) is 2.97. The van der Waals surface area contributed by atoms with E-state index in [1.54, 1.807) is 24.3 Å². The van der Waals surface area contributed by atoms with Crippen molar-refractivity contribution in [3.05, 3.63) is 65.7 Å². The lowest BCUT2D eigenvalue weighted by molar-refractivity contribution is -0.122. The number of alkyl halides is 2. The summed E-state index contributed by atoms with van der Waals surface area (Å²) < 4.78 is 5.37. The van der Waals surface area contributed by atoms with Crippen LogP contribution in [0, 0.1) is 11.8 Å². The van der Waals surface area contributed by atoms with Gasteiger partial charge in [0.25, 0.3) is 0 Å². The van der Waals surface area contributed by atoms with Gasteiger partial charge in [0.15, 0.2) is 0 Å². The quantitative estimate of drug-likeness (QED) is 0.339. The van der Waals surface area contributed by atoms with Crippen LogP contribution in [0.4, 0.5) is 5.69 Å². The summed E-state index contributed by atoms with van der Waals surface area (Å²) in [5.41, 5.74) is 1.62. The molecule has 2 amide bonds. The molecule has 2 aliphatic rings. The molecule has 0 N–H and O–H groups in total. The molecule has 2 aromatic rings. The lowest BCUT2D eigenvalue weighted by Gasteiger charge is -2.29. The van der Waals surface area contributed by atoms with Gasteiger partial charge in [0.1, 0.15) is 6.61 Å². The molecule has 1 heterocycles. The van der Waals surface area contributed by atoms with E-state index in [1.807, 2.05) is 30.3 Å². The maximum absolute atomic E-state index is 12.9. The second kappa shape index (κ2) is 8.40. The Labute approximate surface area is 185 Å². The molecule has 2 fully saturated rings. The van der Waals surface area contributed by atoms with Gasteiger partial charge >= 0.3 is 5.97 Å². The van der Waals surface area contributed by atoms with Crippen molar-refractivity contribution in [3.63, 3.8) is 0 Å². The van der Waals surface area contributed by atoms with Crippen LogP contribution < -0.4 is 4.90 Å². The van der Waals surface area contributed by atoms with E-state index in [2.05, 4.69) is 31.9 Å². The average molecular weight is 521 g/mol. The molecule has 1 saturated carbocycles. The van der Waals surface area contributed by atoms with E-state index < -0.39 is 5.97 Å². The normalized spacial score (nSPS) is 26.3. The summed E-state index contributed by atoms with van der Waals surface area (Å²) in [6, 6.07) is 15.9. The Bertz CT molecular complexity index is 921. The summed E-state index contributed by atoms with van der Waals surface area (Å²) in [6.45, 7) is 0.162. The van der Waals surface area contributed by atoms with Crippen molar-refractivity contribution in [2.45, 2.75) is 29.1 Å². The first-order valence-corrected chi connectivity index (χ1v) is 11.3. The van der Waals surface area contributed by atoms with Gasteiger partial charge in [-0.25, -0.2) is 4.79 Å². The van der Waals surface area contributed by atoms with Crippen LogP contribution in [0.2, 0.25) is 0 Å². The monoisotopic (exact) mass is 519 g/mol. The SMILES string of the molecule is O=C(OCc1ccccc1)c1cccc(N2C(=O)[C@H]3C[C@@H](Br)[C@H](Br)C[C@H]3C2=O)c1. The molecule has 1 aliphatic carbocycles. The van der Waals surface area contributed by atoms with E-state index in [1.165, 1.54) is 4.90 Å². The number of hydrogen-bond donors (Lipinski definition) is 0. The number of amides is 2. The summed E-state index contributed by atoms with van der Waals surface area (Å²) in [7, 11) is 0. The lowest BCUT2D eigenvalue weighted by Crippen LogP contribution is -2.34. The van der Waals surface area contributed by atoms with Crippen molar-refractivity contribution in [2.75, 3.05) is 4.90 Å². The van der Waals surface area contributed by atoms with Crippen LogP contribution in [0.5, 0.6) is 0 Å². The lowest BCUT2D eigenvalue weighted by atomic mass is 9.81. The molecule has 1 aliphatic heterocycles. The minimum atomic E-state index is -0.492. The molecule has 7 heteroatoms. The Morgan fingerprint density at radius 2 is 1.55 bits per heavy atom. The summed E-state index contributed by atoms with van der Waals surface area (Å²) in [5.74, 6) is -1.53. The Balaban J connectivity index is 1.52. The fourth-order valence-corrected chi connectivity index (χ4v) is 5.17. The molecule has 0 bridgehead atoms. The van der Waals surface area contributed by atoms with Crippen LogP contribution in [0.25, 0.3) is 0 Å². The van der Waals surface area contributed by atoms with Gasteiger partial charge in [-0.1, -0.05) is 68.3 Å². The highest BCUT2D eigenvalue weighted by atomic mass is 79.9. The zero-order chi connectivity index (χ0) is 20.5. The number of rotatable bonds is 4. The van der Waals surface area contributed by atoms with E-state index in [-0.39, 0.29) is 39.9 Å². The molecule has 0 aromatic heterocycles. The number of fused-ring (bicyclic) bond motifs is 1. The van der Waals surface area contributed by atoms with Gasteiger partial charge in [-0.05, 0) is 36.6 Å². The van der Waals surface area contributed by atoms with Crippen molar-refractivity contribution in [2.24, 2.45) is 11.8 Å². The number of carbonyl (C=O) groups is 3. The highest BCUT2D eigenvalue weighted by molar-refractivity contribution is 9.12. The number of halogens is 2.